The minimum atomic E-state index is -1.08. The van der Waals surface area contributed by atoms with Crippen LogP contribution in [0.1, 0.15) is 0 Å². The molecule has 1 heterocycles. The molecule has 0 saturated carbocycles. The van der Waals surface area contributed by atoms with Crippen LogP contribution in [-0.2, 0) is 0 Å². The summed E-state index contributed by atoms with van der Waals surface area (Å²) in [5.74, 6) is -0.975. The Labute approximate surface area is 120 Å². The number of benzene rings is 2. The quantitative estimate of drug-likeness (QED) is 0.396. The lowest BCUT2D eigenvalue weighted by atomic mass is 10.2. The van der Waals surface area contributed by atoms with Crippen molar-refractivity contribution in [3.8, 4) is 11.5 Å². The zero-order valence-electron chi connectivity index (χ0n) is 10.8. The molecule has 0 aliphatic carbocycles. The van der Waals surface area contributed by atoms with Gasteiger partial charge in [-0.2, -0.15) is 0 Å². The number of nitro benzene ring substituents is 1. The third-order valence-electron chi connectivity index (χ3n) is 3.14. The summed E-state index contributed by atoms with van der Waals surface area (Å²) in [6, 6.07) is 5.18. The second kappa shape index (κ2) is 4.55. The number of rotatable bonds is 1. The highest BCUT2D eigenvalue weighted by Gasteiger charge is 2.15. The molecule has 2 aromatic carbocycles. The molecule has 0 bridgehead atoms. The standard InChI is InChI=1S/C14H7NO7/c16-7-4-9(17)12-11(5-7)22-10-2-1-6(15(20)21)3-8(10)13(18)14(12)19/h1-5,16-17H. The van der Waals surface area contributed by atoms with Gasteiger partial charge in [-0.05, 0) is 6.07 Å². The van der Waals surface area contributed by atoms with Gasteiger partial charge in [-0.25, -0.2) is 0 Å². The lowest BCUT2D eigenvalue weighted by Crippen LogP contribution is -2.21. The van der Waals surface area contributed by atoms with E-state index in [0.717, 1.165) is 24.3 Å². The van der Waals surface area contributed by atoms with E-state index >= 15 is 0 Å². The van der Waals surface area contributed by atoms with Crippen LogP contribution in [0.15, 0.2) is 44.3 Å². The highest BCUT2D eigenvalue weighted by atomic mass is 16.6. The molecular weight excluding hydrogens is 294 g/mol. The first kappa shape index (κ1) is 13.6. The molecule has 3 rings (SSSR count). The number of phenolic OH excluding ortho intramolecular Hbond substituents is 2. The van der Waals surface area contributed by atoms with Crippen molar-refractivity contribution >= 4 is 27.6 Å². The van der Waals surface area contributed by atoms with E-state index in [9.17, 15) is 29.9 Å². The van der Waals surface area contributed by atoms with Crippen LogP contribution in [0.2, 0.25) is 0 Å². The zero-order chi connectivity index (χ0) is 16.0. The summed E-state index contributed by atoms with van der Waals surface area (Å²) in [7, 11) is 0. The summed E-state index contributed by atoms with van der Waals surface area (Å²) in [5.41, 5.74) is -2.78. The highest BCUT2D eigenvalue weighted by Crippen LogP contribution is 2.28. The first-order valence-electron chi connectivity index (χ1n) is 6.00. The van der Waals surface area contributed by atoms with Crippen molar-refractivity contribution in [1.29, 1.82) is 0 Å². The molecule has 0 aliphatic heterocycles. The largest absolute Gasteiger partial charge is 0.508 e. The van der Waals surface area contributed by atoms with E-state index in [-0.39, 0.29) is 28.0 Å². The smallest absolute Gasteiger partial charge is 0.270 e. The van der Waals surface area contributed by atoms with Crippen molar-refractivity contribution in [2.75, 3.05) is 0 Å². The maximum atomic E-state index is 12.2. The van der Waals surface area contributed by atoms with Crippen LogP contribution in [-0.4, -0.2) is 15.1 Å². The second-order valence-electron chi connectivity index (χ2n) is 4.54. The van der Waals surface area contributed by atoms with Gasteiger partial charge in [-0.3, -0.25) is 19.7 Å². The average molecular weight is 301 g/mol. The van der Waals surface area contributed by atoms with Crippen molar-refractivity contribution in [1.82, 2.24) is 0 Å². The zero-order valence-corrected chi connectivity index (χ0v) is 10.8. The molecule has 8 nitrogen and oxygen atoms in total. The van der Waals surface area contributed by atoms with E-state index in [1.807, 2.05) is 0 Å². The Balaban J connectivity index is 2.64. The highest BCUT2D eigenvalue weighted by molar-refractivity contribution is 5.89. The Morgan fingerprint density at radius 3 is 2.41 bits per heavy atom. The maximum absolute atomic E-state index is 12.2. The summed E-state index contributed by atoms with van der Waals surface area (Å²) in [6.07, 6.45) is 0. The van der Waals surface area contributed by atoms with Crippen LogP contribution in [0.3, 0.4) is 0 Å². The predicted octanol–water partition coefficient (Wildman–Crippen LogP) is 1.63. The van der Waals surface area contributed by atoms with E-state index in [4.69, 9.17) is 4.42 Å². The van der Waals surface area contributed by atoms with Gasteiger partial charge in [0.2, 0.25) is 10.9 Å². The summed E-state index contributed by atoms with van der Waals surface area (Å²) in [6.45, 7) is 0. The minimum absolute atomic E-state index is 0.0762. The van der Waals surface area contributed by atoms with Gasteiger partial charge in [0, 0.05) is 24.3 Å². The monoisotopic (exact) mass is 301 g/mol. The third kappa shape index (κ3) is 1.94. The van der Waals surface area contributed by atoms with E-state index < -0.39 is 26.9 Å². The first-order valence-corrected chi connectivity index (χ1v) is 6.00. The van der Waals surface area contributed by atoms with Crippen molar-refractivity contribution in [2.45, 2.75) is 0 Å². The number of hydrogen-bond donors (Lipinski definition) is 2. The number of nitrogens with zero attached hydrogens (tertiary/aromatic N) is 1. The van der Waals surface area contributed by atoms with Gasteiger partial charge in [-0.1, -0.05) is 0 Å². The molecule has 0 spiro atoms. The fourth-order valence-electron chi connectivity index (χ4n) is 2.15. The average Bonchev–Trinajstić information content (AvgIpc) is 2.54. The summed E-state index contributed by atoms with van der Waals surface area (Å²) in [4.78, 5) is 34.4. The van der Waals surface area contributed by atoms with Gasteiger partial charge >= 0.3 is 0 Å². The summed E-state index contributed by atoms with van der Waals surface area (Å²) in [5, 5.41) is 29.3. The normalized spacial score (nSPS) is 10.9. The lowest BCUT2D eigenvalue weighted by molar-refractivity contribution is -0.384. The molecule has 22 heavy (non-hydrogen) atoms. The molecule has 0 fully saturated rings. The van der Waals surface area contributed by atoms with Crippen LogP contribution in [0.5, 0.6) is 11.5 Å². The Kier molecular flexibility index (Phi) is 2.81. The minimum Gasteiger partial charge on any atom is -0.508 e. The van der Waals surface area contributed by atoms with Crippen LogP contribution >= 0.6 is 0 Å². The molecule has 0 unspecified atom stereocenters. The molecule has 0 amide bonds. The van der Waals surface area contributed by atoms with Gasteiger partial charge in [0.1, 0.15) is 28.1 Å². The number of aromatic hydroxyl groups is 2. The Bertz CT molecular complexity index is 1070. The Hall–Kier alpha value is -3.42. The topological polar surface area (TPSA) is 131 Å². The molecular formula is C14H7NO7. The van der Waals surface area contributed by atoms with Gasteiger partial charge in [0.15, 0.2) is 0 Å². The SMILES string of the molecule is O=c1c(=O)c2c(O)cc(O)cc2oc2ccc([N+](=O)[O-])cc12. The van der Waals surface area contributed by atoms with Crippen LogP contribution < -0.4 is 10.9 Å². The number of non-ortho nitro benzene ring substituents is 1. The van der Waals surface area contributed by atoms with Crippen LogP contribution in [0, 0.1) is 10.1 Å². The molecule has 0 atom stereocenters. The molecule has 0 saturated heterocycles. The van der Waals surface area contributed by atoms with Crippen LogP contribution in [0.25, 0.3) is 21.9 Å². The van der Waals surface area contributed by atoms with Gasteiger partial charge < -0.3 is 14.6 Å². The van der Waals surface area contributed by atoms with Crippen molar-refractivity contribution < 1.29 is 19.6 Å². The van der Waals surface area contributed by atoms with E-state index in [1.54, 1.807) is 0 Å². The molecule has 8 heteroatoms. The number of fused-ring (bicyclic) bond motifs is 2. The van der Waals surface area contributed by atoms with E-state index in [1.165, 1.54) is 6.07 Å². The Morgan fingerprint density at radius 2 is 1.73 bits per heavy atom. The van der Waals surface area contributed by atoms with Crippen molar-refractivity contribution in [3.63, 3.8) is 0 Å². The van der Waals surface area contributed by atoms with Crippen molar-refractivity contribution in [3.05, 3.63) is 60.9 Å². The molecule has 0 radical (unpaired) electrons. The van der Waals surface area contributed by atoms with Gasteiger partial charge in [0.25, 0.3) is 5.69 Å². The maximum Gasteiger partial charge on any atom is 0.270 e. The Morgan fingerprint density at radius 1 is 1.00 bits per heavy atom. The number of phenols is 2. The van der Waals surface area contributed by atoms with E-state index in [0.29, 0.717) is 0 Å². The second-order valence-corrected chi connectivity index (χ2v) is 4.54. The third-order valence-corrected chi connectivity index (χ3v) is 3.14. The first-order chi connectivity index (χ1) is 10.4. The summed E-state index contributed by atoms with van der Waals surface area (Å²) < 4.78 is 5.36. The predicted molar refractivity (Wildman–Crippen MR) is 76.2 cm³/mol. The molecule has 110 valence electrons. The van der Waals surface area contributed by atoms with Gasteiger partial charge in [-0.15, -0.1) is 0 Å². The van der Waals surface area contributed by atoms with Crippen LogP contribution in [0.4, 0.5) is 5.69 Å². The molecule has 1 aromatic heterocycles. The van der Waals surface area contributed by atoms with Crippen molar-refractivity contribution in [2.24, 2.45) is 0 Å². The van der Waals surface area contributed by atoms with E-state index in [2.05, 4.69) is 0 Å². The number of hydrogen-bond acceptors (Lipinski definition) is 7. The lowest BCUT2D eigenvalue weighted by Gasteiger charge is -1.97. The molecule has 3 aromatic rings. The fraction of sp³-hybridized carbons (Fsp3) is 0. The molecule has 2 N–H and O–H groups in total. The van der Waals surface area contributed by atoms with Gasteiger partial charge in [0.05, 0.1) is 10.3 Å². The number of nitro groups is 1. The summed E-state index contributed by atoms with van der Waals surface area (Å²) >= 11 is 0. The fourth-order valence-corrected chi connectivity index (χ4v) is 2.15. The molecule has 0 aliphatic rings.